The van der Waals surface area contributed by atoms with Crippen molar-refractivity contribution in [2.24, 2.45) is 7.05 Å². The van der Waals surface area contributed by atoms with Crippen LogP contribution in [0.15, 0.2) is 42.7 Å². The number of hydrogen-bond acceptors (Lipinski definition) is 4. The van der Waals surface area contributed by atoms with Gasteiger partial charge in [0.15, 0.2) is 5.82 Å². The van der Waals surface area contributed by atoms with Crippen molar-refractivity contribution in [1.29, 1.82) is 0 Å². The van der Waals surface area contributed by atoms with Gasteiger partial charge in [0.1, 0.15) is 0 Å². The molecule has 0 unspecified atom stereocenters. The van der Waals surface area contributed by atoms with Crippen molar-refractivity contribution in [1.82, 2.24) is 9.55 Å². The topological polar surface area (TPSA) is 78.0 Å². The monoisotopic (exact) mass is 257 g/mol. The molecule has 0 saturated carbocycles. The Morgan fingerprint density at radius 3 is 2.58 bits per heavy atom. The number of aryl methyl sites for hydroxylation is 1. The third kappa shape index (κ3) is 2.92. The van der Waals surface area contributed by atoms with Crippen molar-refractivity contribution in [2.75, 3.05) is 0 Å². The molecule has 0 aliphatic rings. The van der Waals surface area contributed by atoms with Crippen molar-refractivity contribution < 1.29 is 9.72 Å². The quantitative estimate of drug-likeness (QED) is 0.364. The van der Waals surface area contributed by atoms with Gasteiger partial charge in [-0.1, -0.05) is 6.08 Å². The van der Waals surface area contributed by atoms with Crippen LogP contribution in [0, 0.1) is 10.1 Å². The molecule has 0 radical (unpaired) electrons. The molecule has 0 spiro atoms. The molecule has 19 heavy (non-hydrogen) atoms. The Morgan fingerprint density at radius 1 is 1.37 bits per heavy atom. The Morgan fingerprint density at radius 2 is 2.05 bits per heavy atom. The van der Waals surface area contributed by atoms with Crippen LogP contribution in [0.5, 0.6) is 0 Å². The van der Waals surface area contributed by atoms with Gasteiger partial charge in [-0.2, -0.15) is 0 Å². The lowest BCUT2D eigenvalue weighted by molar-refractivity contribution is -0.384. The number of allylic oxidation sites excluding steroid dienone is 1. The minimum atomic E-state index is -0.466. The van der Waals surface area contributed by atoms with E-state index in [-0.39, 0.29) is 11.5 Å². The van der Waals surface area contributed by atoms with Crippen molar-refractivity contribution in [3.63, 3.8) is 0 Å². The number of hydrogen-bond donors (Lipinski definition) is 0. The van der Waals surface area contributed by atoms with E-state index in [4.69, 9.17) is 0 Å². The minimum Gasteiger partial charge on any atom is -0.331 e. The summed E-state index contributed by atoms with van der Waals surface area (Å²) in [6.07, 6.45) is 6.23. The molecule has 0 amide bonds. The van der Waals surface area contributed by atoms with Gasteiger partial charge < -0.3 is 4.57 Å². The fraction of sp³-hybridized carbons (Fsp3) is 0.0769. The molecule has 0 bridgehead atoms. The molecule has 0 aliphatic carbocycles. The zero-order valence-corrected chi connectivity index (χ0v) is 10.2. The van der Waals surface area contributed by atoms with E-state index < -0.39 is 4.92 Å². The van der Waals surface area contributed by atoms with Crippen LogP contribution in [-0.2, 0) is 7.05 Å². The molecule has 0 atom stereocenters. The van der Waals surface area contributed by atoms with Crippen LogP contribution in [0.2, 0.25) is 0 Å². The Balaban J connectivity index is 2.13. The standard InChI is InChI=1S/C13H11N3O3/c1-15-9-8-14-13(15)12(17)7-4-10-2-5-11(6-3-10)16(18)19/h2-9H,1H3/b7-4+. The number of rotatable bonds is 4. The molecule has 1 aromatic carbocycles. The third-order valence-electron chi connectivity index (χ3n) is 2.57. The highest BCUT2D eigenvalue weighted by atomic mass is 16.6. The lowest BCUT2D eigenvalue weighted by atomic mass is 10.2. The second-order valence-corrected chi connectivity index (χ2v) is 3.91. The molecular formula is C13H11N3O3. The van der Waals surface area contributed by atoms with E-state index >= 15 is 0 Å². The first-order chi connectivity index (χ1) is 9.08. The number of nitrogens with zero attached hydrogens (tertiary/aromatic N) is 3. The smallest absolute Gasteiger partial charge is 0.269 e. The van der Waals surface area contributed by atoms with Crippen LogP contribution in [0.1, 0.15) is 16.2 Å². The van der Waals surface area contributed by atoms with E-state index in [1.165, 1.54) is 18.2 Å². The normalized spacial score (nSPS) is 10.8. The van der Waals surface area contributed by atoms with Gasteiger partial charge in [0.25, 0.3) is 5.69 Å². The van der Waals surface area contributed by atoms with Gasteiger partial charge in [0.2, 0.25) is 5.78 Å². The molecule has 2 aromatic rings. The van der Waals surface area contributed by atoms with Crippen LogP contribution >= 0.6 is 0 Å². The van der Waals surface area contributed by atoms with Crippen molar-refractivity contribution in [2.45, 2.75) is 0 Å². The Labute approximate surface area is 109 Å². The summed E-state index contributed by atoms with van der Waals surface area (Å²) >= 11 is 0. The summed E-state index contributed by atoms with van der Waals surface area (Å²) in [4.78, 5) is 25.8. The highest BCUT2D eigenvalue weighted by molar-refractivity contribution is 6.04. The van der Waals surface area contributed by atoms with Gasteiger partial charge in [0, 0.05) is 31.6 Å². The summed E-state index contributed by atoms with van der Waals surface area (Å²) < 4.78 is 1.63. The van der Waals surface area contributed by atoms with E-state index in [9.17, 15) is 14.9 Å². The molecule has 1 heterocycles. The molecule has 6 nitrogen and oxygen atoms in total. The number of non-ortho nitro benzene ring substituents is 1. The largest absolute Gasteiger partial charge is 0.331 e. The zero-order valence-electron chi connectivity index (χ0n) is 10.2. The zero-order chi connectivity index (χ0) is 13.8. The summed E-state index contributed by atoms with van der Waals surface area (Å²) in [7, 11) is 1.74. The fourth-order valence-corrected chi connectivity index (χ4v) is 1.56. The van der Waals surface area contributed by atoms with Crippen LogP contribution in [0.25, 0.3) is 6.08 Å². The maximum atomic E-state index is 11.8. The number of ketones is 1. The van der Waals surface area contributed by atoms with E-state index in [0.717, 1.165) is 0 Å². The number of nitro benzene ring substituents is 1. The summed E-state index contributed by atoms with van der Waals surface area (Å²) in [5.41, 5.74) is 0.737. The van der Waals surface area contributed by atoms with Crippen molar-refractivity contribution >= 4 is 17.5 Å². The molecule has 0 saturated heterocycles. The van der Waals surface area contributed by atoms with Gasteiger partial charge in [-0.05, 0) is 23.8 Å². The minimum absolute atomic E-state index is 0.0209. The average Bonchev–Trinajstić information content (AvgIpc) is 2.83. The first-order valence-electron chi connectivity index (χ1n) is 5.52. The number of benzene rings is 1. The molecule has 1 aromatic heterocycles. The number of aromatic nitrogens is 2. The molecule has 2 rings (SSSR count). The van der Waals surface area contributed by atoms with E-state index in [2.05, 4.69) is 4.98 Å². The van der Waals surface area contributed by atoms with Gasteiger partial charge in [-0.25, -0.2) is 4.98 Å². The molecule has 0 aliphatic heterocycles. The lowest BCUT2D eigenvalue weighted by Gasteiger charge is -1.96. The van der Waals surface area contributed by atoms with Crippen LogP contribution < -0.4 is 0 Å². The van der Waals surface area contributed by atoms with Gasteiger partial charge in [-0.15, -0.1) is 0 Å². The second-order valence-electron chi connectivity index (χ2n) is 3.91. The van der Waals surface area contributed by atoms with Gasteiger partial charge in [0.05, 0.1) is 4.92 Å². The number of imidazole rings is 1. The predicted octanol–water partition coefficient (Wildman–Crippen LogP) is 2.22. The van der Waals surface area contributed by atoms with Crippen LogP contribution in [0.4, 0.5) is 5.69 Å². The average molecular weight is 257 g/mol. The van der Waals surface area contributed by atoms with Gasteiger partial charge in [-0.3, -0.25) is 14.9 Å². The molecule has 6 heteroatoms. The number of carbonyl (C=O) groups excluding carboxylic acids is 1. The molecule has 96 valence electrons. The maximum Gasteiger partial charge on any atom is 0.269 e. The first-order valence-corrected chi connectivity index (χ1v) is 5.52. The SMILES string of the molecule is Cn1ccnc1C(=O)/C=C/c1ccc([N+](=O)[O-])cc1. The number of nitro groups is 1. The summed E-state index contributed by atoms with van der Waals surface area (Å²) in [6, 6.07) is 5.95. The molecule has 0 N–H and O–H groups in total. The molecule has 0 fully saturated rings. The van der Waals surface area contributed by atoms with E-state index in [1.54, 1.807) is 42.2 Å². The van der Waals surface area contributed by atoms with Crippen LogP contribution in [-0.4, -0.2) is 20.3 Å². The third-order valence-corrected chi connectivity index (χ3v) is 2.57. The Bertz CT molecular complexity index is 641. The predicted molar refractivity (Wildman–Crippen MR) is 69.7 cm³/mol. The number of carbonyl (C=O) groups is 1. The Hall–Kier alpha value is -2.76. The summed E-state index contributed by atoms with van der Waals surface area (Å²) in [5, 5.41) is 10.5. The second kappa shape index (κ2) is 5.26. The van der Waals surface area contributed by atoms with Gasteiger partial charge >= 0.3 is 0 Å². The highest BCUT2D eigenvalue weighted by Gasteiger charge is 2.07. The van der Waals surface area contributed by atoms with E-state index in [0.29, 0.717) is 11.4 Å². The Kier molecular flexibility index (Phi) is 3.51. The highest BCUT2D eigenvalue weighted by Crippen LogP contribution is 2.13. The summed E-state index contributed by atoms with van der Waals surface area (Å²) in [5.74, 6) is 0.129. The molecular weight excluding hydrogens is 246 g/mol. The van der Waals surface area contributed by atoms with Crippen molar-refractivity contribution in [3.8, 4) is 0 Å². The maximum absolute atomic E-state index is 11.8. The summed E-state index contributed by atoms with van der Waals surface area (Å²) in [6.45, 7) is 0. The first kappa shape index (κ1) is 12.7. The van der Waals surface area contributed by atoms with E-state index in [1.807, 2.05) is 0 Å². The van der Waals surface area contributed by atoms with Crippen molar-refractivity contribution in [3.05, 3.63) is 64.2 Å². The van der Waals surface area contributed by atoms with Crippen LogP contribution in [0.3, 0.4) is 0 Å². The lowest BCUT2D eigenvalue weighted by Crippen LogP contribution is -2.03. The fourth-order valence-electron chi connectivity index (χ4n) is 1.56.